The van der Waals surface area contributed by atoms with Gasteiger partial charge in [0.25, 0.3) is 11.4 Å². The standard InChI is InChI=1S/C14H9F3N2O7S.Na/c15-14(16,17)11-2-1-3-12(19(22)23)10(11)7-8-6-9(18(20)21)4-5-13(8)27(24,25)26;/h1-6H,7H2,(H,24,25,26);/q;+1/p-1. The molecule has 0 heterocycles. The Bertz CT molecular complexity index is 1040. The molecule has 0 saturated heterocycles. The molecule has 28 heavy (non-hydrogen) atoms. The summed E-state index contributed by atoms with van der Waals surface area (Å²) in [6.45, 7) is 0. The normalized spacial score (nSPS) is 11.6. The van der Waals surface area contributed by atoms with Crippen molar-refractivity contribution in [2.75, 3.05) is 0 Å². The molecule has 14 heteroatoms. The van der Waals surface area contributed by atoms with Crippen LogP contribution >= 0.6 is 0 Å². The first-order valence-electron chi connectivity index (χ1n) is 6.89. The average Bonchev–Trinajstić information content (AvgIpc) is 2.52. The SMILES string of the molecule is O=[N+]([O-])c1ccc(S(=O)(=O)[O-])c(Cc2c([N+](=O)[O-])cccc2C(F)(F)F)c1.[Na+]. The number of hydrogen-bond acceptors (Lipinski definition) is 7. The molecule has 0 aliphatic carbocycles. The third-order valence-electron chi connectivity index (χ3n) is 3.54. The monoisotopic (exact) mass is 428 g/mol. The fraction of sp³-hybridized carbons (Fsp3) is 0.143. The summed E-state index contributed by atoms with van der Waals surface area (Å²) in [4.78, 5) is 18.9. The van der Waals surface area contributed by atoms with Gasteiger partial charge in [0.15, 0.2) is 0 Å². The molecule has 0 aromatic heterocycles. The van der Waals surface area contributed by atoms with E-state index in [0.717, 1.165) is 12.1 Å². The second kappa shape index (κ2) is 8.53. The van der Waals surface area contributed by atoms with Crippen molar-refractivity contribution in [2.45, 2.75) is 17.5 Å². The first kappa shape index (κ1) is 24.0. The summed E-state index contributed by atoms with van der Waals surface area (Å²) < 4.78 is 73.7. The summed E-state index contributed by atoms with van der Waals surface area (Å²) in [6, 6.07) is 3.99. The average molecular weight is 428 g/mol. The molecule has 0 bridgehead atoms. The number of rotatable bonds is 5. The van der Waals surface area contributed by atoms with Gasteiger partial charge in [-0.3, -0.25) is 20.2 Å². The molecule has 0 unspecified atom stereocenters. The first-order valence-corrected chi connectivity index (χ1v) is 8.30. The van der Waals surface area contributed by atoms with E-state index in [9.17, 15) is 46.4 Å². The minimum atomic E-state index is -5.20. The third-order valence-corrected chi connectivity index (χ3v) is 4.48. The Kier molecular flexibility index (Phi) is 7.30. The zero-order chi connectivity index (χ0) is 20.6. The fourth-order valence-electron chi connectivity index (χ4n) is 2.45. The van der Waals surface area contributed by atoms with Gasteiger partial charge < -0.3 is 4.55 Å². The number of nitro groups is 2. The van der Waals surface area contributed by atoms with Crippen molar-refractivity contribution in [2.24, 2.45) is 0 Å². The molecule has 2 aromatic carbocycles. The maximum atomic E-state index is 13.2. The Hall–Kier alpha value is -2.06. The number of benzene rings is 2. The minimum absolute atomic E-state index is 0. The van der Waals surface area contributed by atoms with E-state index < -0.39 is 65.5 Å². The van der Waals surface area contributed by atoms with Crippen molar-refractivity contribution in [1.82, 2.24) is 0 Å². The van der Waals surface area contributed by atoms with Crippen molar-refractivity contribution >= 4 is 21.5 Å². The Labute approximate surface area is 177 Å². The van der Waals surface area contributed by atoms with Crippen molar-refractivity contribution in [1.29, 1.82) is 0 Å². The Morgan fingerprint density at radius 3 is 2.07 bits per heavy atom. The number of nitrogens with zero attached hydrogens (tertiary/aromatic N) is 2. The van der Waals surface area contributed by atoms with E-state index in [4.69, 9.17) is 0 Å². The molecule has 2 rings (SSSR count). The summed E-state index contributed by atoms with van der Waals surface area (Å²) in [6.07, 6.45) is -6.04. The van der Waals surface area contributed by atoms with Crippen LogP contribution in [0.5, 0.6) is 0 Å². The summed E-state index contributed by atoms with van der Waals surface area (Å²) >= 11 is 0. The molecule has 0 fully saturated rings. The second-order valence-electron chi connectivity index (χ2n) is 5.24. The Morgan fingerprint density at radius 1 is 1.00 bits per heavy atom. The van der Waals surface area contributed by atoms with Gasteiger partial charge in [-0.2, -0.15) is 13.2 Å². The quantitative estimate of drug-likeness (QED) is 0.283. The number of non-ortho nitro benzene ring substituents is 1. The van der Waals surface area contributed by atoms with Crippen molar-refractivity contribution in [3.05, 3.63) is 73.3 Å². The number of alkyl halides is 3. The molecule has 144 valence electrons. The van der Waals surface area contributed by atoms with Gasteiger partial charge in [0, 0.05) is 30.2 Å². The van der Waals surface area contributed by atoms with E-state index in [1.807, 2.05) is 0 Å². The predicted octanol–water partition coefficient (Wildman–Crippen LogP) is 0.0207. The Morgan fingerprint density at radius 2 is 1.61 bits per heavy atom. The zero-order valence-corrected chi connectivity index (χ0v) is 16.8. The van der Waals surface area contributed by atoms with Crippen LogP contribution < -0.4 is 29.6 Å². The molecule has 9 nitrogen and oxygen atoms in total. The first-order chi connectivity index (χ1) is 12.3. The van der Waals surface area contributed by atoms with E-state index in [1.165, 1.54) is 0 Å². The van der Waals surface area contributed by atoms with Crippen LogP contribution in [-0.2, 0) is 22.7 Å². The van der Waals surface area contributed by atoms with Gasteiger partial charge in [-0.25, -0.2) is 8.42 Å². The molecule has 2 aromatic rings. The van der Waals surface area contributed by atoms with Crippen LogP contribution in [0, 0.1) is 20.2 Å². The number of hydrogen-bond donors (Lipinski definition) is 0. The summed E-state index contributed by atoms with van der Waals surface area (Å²) in [5, 5.41) is 22.0. The molecule has 0 radical (unpaired) electrons. The van der Waals surface area contributed by atoms with E-state index in [1.54, 1.807) is 0 Å². The van der Waals surface area contributed by atoms with E-state index in [0.29, 0.717) is 24.3 Å². The third kappa shape index (κ3) is 5.26. The fourth-order valence-corrected chi connectivity index (χ4v) is 3.14. The zero-order valence-electron chi connectivity index (χ0n) is 14.0. The van der Waals surface area contributed by atoms with E-state index >= 15 is 0 Å². The summed E-state index contributed by atoms with van der Waals surface area (Å²) in [7, 11) is -5.20. The van der Waals surface area contributed by atoms with Crippen LogP contribution in [-0.4, -0.2) is 22.8 Å². The van der Waals surface area contributed by atoms with Gasteiger partial charge in [-0.05, 0) is 17.7 Å². The van der Waals surface area contributed by atoms with Gasteiger partial charge in [0.05, 0.1) is 20.3 Å². The maximum absolute atomic E-state index is 13.2. The van der Waals surface area contributed by atoms with Gasteiger partial charge in [0.1, 0.15) is 10.1 Å². The van der Waals surface area contributed by atoms with Gasteiger partial charge in [-0.1, -0.05) is 6.07 Å². The van der Waals surface area contributed by atoms with E-state index in [-0.39, 0.29) is 29.6 Å². The van der Waals surface area contributed by atoms with E-state index in [2.05, 4.69) is 0 Å². The van der Waals surface area contributed by atoms with Crippen molar-refractivity contribution in [3.63, 3.8) is 0 Å². The van der Waals surface area contributed by atoms with Crippen LogP contribution in [0.15, 0.2) is 41.3 Å². The molecular weight excluding hydrogens is 420 g/mol. The molecular formula is C14H8F3N2NaO7S. The molecule has 0 aliphatic rings. The number of halogens is 3. The molecule has 0 amide bonds. The summed E-state index contributed by atoms with van der Waals surface area (Å²) in [5.41, 5.74) is -4.65. The van der Waals surface area contributed by atoms with Crippen molar-refractivity contribution in [3.8, 4) is 0 Å². The second-order valence-corrected chi connectivity index (χ2v) is 6.59. The summed E-state index contributed by atoms with van der Waals surface area (Å²) in [5.74, 6) is 0. The van der Waals surface area contributed by atoms with Crippen LogP contribution in [0.1, 0.15) is 16.7 Å². The van der Waals surface area contributed by atoms with Gasteiger partial charge in [0.2, 0.25) is 0 Å². The van der Waals surface area contributed by atoms with Crippen LogP contribution in [0.3, 0.4) is 0 Å². The molecule has 0 aliphatic heterocycles. The number of nitro benzene ring substituents is 2. The molecule has 0 atom stereocenters. The molecule has 0 N–H and O–H groups in total. The molecule has 0 saturated carbocycles. The smallest absolute Gasteiger partial charge is 0.744 e. The minimum Gasteiger partial charge on any atom is -0.744 e. The van der Waals surface area contributed by atoms with Crippen LogP contribution in [0.25, 0.3) is 0 Å². The largest absolute Gasteiger partial charge is 1.00 e. The van der Waals surface area contributed by atoms with Crippen LogP contribution in [0.4, 0.5) is 24.5 Å². The van der Waals surface area contributed by atoms with Crippen molar-refractivity contribution < 1.29 is 65.5 Å². The predicted molar refractivity (Wildman–Crippen MR) is 82.0 cm³/mol. The van der Waals surface area contributed by atoms with Gasteiger partial charge >= 0.3 is 35.7 Å². The Balaban J connectivity index is 0.00000392. The molecule has 0 spiro atoms. The topological polar surface area (TPSA) is 143 Å². The van der Waals surface area contributed by atoms with Crippen LogP contribution in [0.2, 0.25) is 0 Å². The van der Waals surface area contributed by atoms with Gasteiger partial charge in [-0.15, -0.1) is 0 Å². The maximum Gasteiger partial charge on any atom is 1.00 e.